The van der Waals surface area contributed by atoms with Crippen LogP contribution in [-0.4, -0.2) is 30.3 Å². The number of hydrogen-bond donors (Lipinski definition) is 2. The minimum absolute atomic E-state index is 0.0991. The Morgan fingerprint density at radius 1 is 1.00 bits per heavy atom. The van der Waals surface area contributed by atoms with Crippen LogP contribution in [0.4, 0.5) is 5.69 Å². The minimum atomic E-state index is -0.722. The quantitative estimate of drug-likeness (QED) is 0.497. The maximum atomic E-state index is 11.9. The molecular weight excluding hydrogens is 262 g/mol. The van der Waals surface area contributed by atoms with Gasteiger partial charge in [-0.3, -0.25) is 0 Å². The zero-order valence-electron chi connectivity index (χ0n) is 12.1. The zero-order chi connectivity index (χ0) is 15.4. The second-order valence-electron chi connectivity index (χ2n) is 4.20. The molecule has 0 fully saturated rings. The highest BCUT2D eigenvalue weighted by molar-refractivity contribution is 6.04. The summed E-state index contributed by atoms with van der Waals surface area (Å²) in [7, 11) is 0. The Kier molecular flexibility index (Phi) is 4.96. The van der Waals surface area contributed by atoms with Crippen LogP contribution in [0.3, 0.4) is 0 Å². The SMILES string of the molecule is CCOC(=O)c1c(C)c(N)c(C)c(C(=O)OCC)c1O. The molecule has 20 heavy (non-hydrogen) atoms. The molecule has 0 saturated heterocycles. The first-order valence-corrected chi connectivity index (χ1v) is 6.32. The molecule has 0 aliphatic carbocycles. The molecule has 0 aliphatic heterocycles. The van der Waals surface area contributed by atoms with E-state index in [1.807, 2.05) is 0 Å². The first-order chi connectivity index (χ1) is 9.36. The van der Waals surface area contributed by atoms with Gasteiger partial charge in [0.05, 0.1) is 13.2 Å². The van der Waals surface area contributed by atoms with E-state index >= 15 is 0 Å². The summed E-state index contributed by atoms with van der Waals surface area (Å²) in [6.45, 7) is 6.77. The van der Waals surface area contributed by atoms with Crippen molar-refractivity contribution in [2.45, 2.75) is 27.7 Å². The van der Waals surface area contributed by atoms with Crippen LogP contribution in [0.5, 0.6) is 5.75 Å². The van der Waals surface area contributed by atoms with Gasteiger partial charge in [-0.05, 0) is 38.8 Å². The Balaban J connectivity index is 3.54. The van der Waals surface area contributed by atoms with Crippen LogP contribution in [0, 0.1) is 13.8 Å². The van der Waals surface area contributed by atoms with E-state index in [1.165, 1.54) is 0 Å². The Morgan fingerprint density at radius 3 is 1.65 bits per heavy atom. The smallest absolute Gasteiger partial charge is 0.342 e. The number of phenolic OH excluding ortho intramolecular Hbond substituents is 1. The average Bonchev–Trinajstić information content (AvgIpc) is 2.37. The standard InChI is InChI=1S/C14H19NO5/c1-5-19-13(17)9-7(3)11(15)8(4)10(12(9)16)14(18)20-6-2/h16H,5-6,15H2,1-4H3. The van der Waals surface area contributed by atoms with Crippen LogP contribution in [0.25, 0.3) is 0 Å². The molecule has 0 saturated carbocycles. The maximum absolute atomic E-state index is 11.9. The summed E-state index contributed by atoms with van der Waals surface area (Å²) in [5.41, 5.74) is 6.72. The summed E-state index contributed by atoms with van der Waals surface area (Å²) in [6.07, 6.45) is 0. The molecule has 0 unspecified atom stereocenters. The van der Waals surface area contributed by atoms with Gasteiger partial charge in [0.15, 0.2) is 0 Å². The number of nitrogen functional groups attached to an aromatic ring is 1. The Labute approximate surface area is 117 Å². The molecule has 1 aromatic carbocycles. The van der Waals surface area contributed by atoms with E-state index in [4.69, 9.17) is 15.2 Å². The van der Waals surface area contributed by atoms with E-state index in [2.05, 4.69) is 0 Å². The highest BCUT2D eigenvalue weighted by atomic mass is 16.5. The second kappa shape index (κ2) is 6.27. The third kappa shape index (κ3) is 2.68. The summed E-state index contributed by atoms with van der Waals surface area (Å²) < 4.78 is 9.75. The molecule has 0 atom stereocenters. The fraction of sp³-hybridized carbons (Fsp3) is 0.429. The van der Waals surface area contributed by atoms with Crippen molar-refractivity contribution < 1.29 is 24.2 Å². The van der Waals surface area contributed by atoms with E-state index in [1.54, 1.807) is 27.7 Å². The summed E-state index contributed by atoms with van der Waals surface area (Å²) in [5, 5.41) is 10.2. The van der Waals surface area contributed by atoms with Crippen molar-refractivity contribution in [3.63, 3.8) is 0 Å². The molecule has 0 aliphatic rings. The van der Waals surface area contributed by atoms with Gasteiger partial charge in [-0.15, -0.1) is 0 Å². The molecule has 0 aromatic heterocycles. The molecule has 0 spiro atoms. The summed E-state index contributed by atoms with van der Waals surface area (Å²) >= 11 is 0. The molecule has 0 radical (unpaired) electrons. The first-order valence-electron chi connectivity index (χ1n) is 6.32. The number of ether oxygens (including phenoxy) is 2. The minimum Gasteiger partial charge on any atom is -0.506 e. The number of aromatic hydroxyl groups is 1. The van der Waals surface area contributed by atoms with Crippen molar-refractivity contribution in [2.75, 3.05) is 18.9 Å². The molecular formula is C14H19NO5. The summed E-state index contributed by atoms with van der Waals surface area (Å²) in [5.74, 6) is -1.90. The van der Waals surface area contributed by atoms with Gasteiger partial charge in [0.1, 0.15) is 16.9 Å². The number of carbonyl (C=O) groups excluding carboxylic acids is 2. The van der Waals surface area contributed by atoms with E-state index < -0.39 is 17.7 Å². The lowest BCUT2D eigenvalue weighted by Gasteiger charge is -2.16. The van der Waals surface area contributed by atoms with Crippen LogP contribution in [0.1, 0.15) is 45.7 Å². The number of esters is 2. The van der Waals surface area contributed by atoms with Gasteiger partial charge in [-0.1, -0.05) is 0 Å². The number of nitrogens with two attached hydrogens (primary N) is 1. The van der Waals surface area contributed by atoms with Crippen molar-refractivity contribution in [1.29, 1.82) is 0 Å². The Morgan fingerprint density at radius 2 is 1.35 bits per heavy atom. The first kappa shape index (κ1) is 15.8. The predicted molar refractivity (Wildman–Crippen MR) is 73.9 cm³/mol. The lowest BCUT2D eigenvalue weighted by atomic mass is 9.95. The van der Waals surface area contributed by atoms with Gasteiger partial charge in [-0.2, -0.15) is 0 Å². The Bertz CT molecular complexity index is 506. The van der Waals surface area contributed by atoms with Crippen LogP contribution in [0.15, 0.2) is 0 Å². The van der Waals surface area contributed by atoms with E-state index in [0.717, 1.165) is 0 Å². The number of phenols is 1. The second-order valence-corrected chi connectivity index (χ2v) is 4.20. The largest absolute Gasteiger partial charge is 0.506 e. The van der Waals surface area contributed by atoms with Crippen LogP contribution in [0.2, 0.25) is 0 Å². The van der Waals surface area contributed by atoms with Crippen LogP contribution < -0.4 is 5.73 Å². The van der Waals surface area contributed by atoms with E-state index in [-0.39, 0.29) is 30.0 Å². The number of hydrogen-bond acceptors (Lipinski definition) is 6. The van der Waals surface area contributed by atoms with Crippen LogP contribution >= 0.6 is 0 Å². The maximum Gasteiger partial charge on any atom is 0.342 e. The normalized spacial score (nSPS) is 10.2. The molecule has 3 N–H and O–H groups in total. The lowest BCUT2D eigenvalue weighted by molar-refractivity contribution is 0.0518. The number of benzene rings is 1. The molecule has 0 bridgehead atoms. The average molecular weight is 281 g/mol. The molecule has 6 nitrogen and oxygen atoms in total. The van der Waals surface area contributed by atoms with Gasteiger partial charge >= 0.3 is 11.9 Å². The number of anilines is 1. The van der Waals surface area contributed by atoms with Crippen molar-refractivity contribution in [3.05, 3.63) is 22.3 Å². The van der Waals surface area contributed by atoms with Gasteiger partial charge in [0, 0.05) is 5.69 Å². The predicted octanol–water partition coefficient (Wildman–Crippen LogP) is 1.94. The fourth-order valence-electron chi connectivity index (χ4n) is 1.94. The molecule has 1 rings (SSSR count). The monoisotopic (exact) mass is 281 g/mol. The van der Waals surface area contributed by atoms with Crippen molar-refractivity contribution in [3.8, 4) is 5.75 Å². The van der Waals surface area contributed by atoms with Gasteiger partial charge in [0.2, 0.25) is 0 Å². The van der Waals surface area contributed by atoms with Gasteiger partial charge in [-0.25, -0.2) is 9.59 Å². The molecule has 110 valence electrons. The number of carbonyl (C=O) groups is 2. The van der Waals surface area contributed by atoms with Crippen LogP contribution in [-0.2, 0) is 9.47 Å². The highest BCUT2D eigenvalue weighted by Gasteiger charge is 2.27. The molecule has 6 heteroatoms. The topological polar surface area (TPSA) is 98.9 Å². The van der Waals surface area contributed by atoms with Gasteiger partial charge in [0.25, 0.3) is 0 Å². The molecule has 1 aromatic rings. The molecule has 0 amide bonds. The van der Waals surface area contributed by atoms with Crippen molar-refractivity contribution in [1.82, 2.24) is 0 Å². The summed E-state index contributed by atoms with van der Waals surface area (Å²) in [4.78, 5) is 23.8. The lowest BCUT2D eigenvalue weighted by Crippen LogP contribution is -2.15. The fourth-order valence-corrected chi connectivity index (χ4v) is 1.94. The number of rotatable bonds is 4. The third-order valence-corrected chi connectivity index (χ3v) is 2.99. The highest BCUT2D eigenvalue weighted by Crippen LogP contribution is 2.35. The third-order valence-electron chi connectivity index (χ3n) is 2.99. The van der Waals surface area contributed by atoms with Crippen molar-refractivity contribution >= 4 is 17.6 Å². The molecule has 0 heterocycles. The van der Waals surface area contributed by atoms with E-state index in [0.29, 0.717) is 11.1 Å². The Hall–Kier alpha value is -2.24. The van der Waals surface area contributed by atoms with E-state index in [9.17, 15) is 14.7 Å². The van der Waals surface area contributed by atoms with Gasteiger partial charge < -0.3 is 20.3 Å². The zero-order valence-corrected chi connectivity index (χ0v) is 12.1. The van der Waals surface area contributed by atoms with Crippen molar-refractivity contribution in [2.24, 2.45) is 0 Å². The summed E-state index contributed by atoms with van der Waals surface area (Å²) in [6, 6.07) is 0.